The molecule has 26 heavy (non-hydrogen) atoms. The van der Waals surface area contributed by atoms with Crippen LogP contribution in [0.3, 0.4) is 0 Å². The third-order valence-electron chi connectivity index (χ3n) is 5.10. The van der Waals surface area contributed by atoms with Gasteiger partial charge in [-0.25, -0.2) is 0 Å². The highest BCUT2D eigenvalue weighted by atomic mass is 16.1. The van der Waals surface area contributed by atoms with E-state index in [1.165, 1.54) is 0 Å². The molecule has 1 atom stereocenters. The zero-order chi connectivity index (χ0) is 18.7. The molecule has 0 bridgehead atoms. The number of fused-ring (bicyclic) bond motifs is 1. The van der Waals surface area contributed by atoms with Crippen LogP contribution in [0, 0.1) is 6.92 Å². The van der Waals surface area contributed by atoms with Crippen molar-refractivity contribution in [2.75, 3.05) is 0 Å². The van der Waals surface area contributed by atoms with Gasteiger partial charge in [-0.1, -0.05) is 55.5 Å². The van der Waals surface area contributed by atoms with Gasteiger partial charge in [-0.05, 0) is 26.3 Å². The van der Waals surface area contributed by atoms with Crippen LogP contribution in [0.4, 0.5) is 0 Å². The number of Topliss-reactive ketones (excluding diaryl/α,β-unsaturated/α-hetero) is 1. The van der Waals surface area contributed by atoms with Crippen molar-refractivity contribution in [2.24, 2.45) is 0 Å². The molecule has 1 aromatic heterocycles. The molecule has 3 aromatic rings. The Morgan fingerprint density at radius 1 is 1.00 bits per heavy atom. The zero-order valence-corrected chi connectivity index (χ0v) is 15.7. The van der Waals surface area contributed by atoms with Crippen molar-refractivity contribution in [1.82, 2.24) is 4.57 Å². The maximum absolute atomic E-state index is 13.2. The van der Waals surface area contributed by atoms with Crippen LogP contribution < -0.4 is 0 Å². The zero-order valence-electron chi connectivity index (χ0n) is 15.7. The number of ketones is 2. The average molecular weight is 347 g/mol. The first kappa shape index (κ1) is 18.1. The maximum Gasteiger partial charge on any atom is 0.195 e. The highest BCUT2D eigenvalue weighted by Crippen LogP contribution is 2.32. The van der Waals surface area contributed by atoms with Crippen LogP contribution in [0.1, 0.15) is 60.8 Å². The second-order valence-electron chi connectivity index (χ2n) is 6.82. The fraction of sp³-hybridized carbons (Fsp3) is 0.304. The van der Waals surface area contributed by atoms with Gasteiger partial charge in [0.2, 0.25) is 0 Å². The Hall–Kier alpha value is -2.68. The summed E-state index contributed by atoms with van der Waals surface area (Å²) in [7, 11) is 0. The minimum absolute atomic E-state index is 0.0508. The molecule has 3 rings (SSSR count). The summed E-state index contributed by atoms with van der Waals surface area (Å²) in [4.78, 5) is 24.9. The summed E-state index contributed by atoms with van der Waals surface area (Å²) in [5.41, 5.74) is 3.49. The number of hydrogen-bond acceptors (Lipinski definition) is 2. The van der Waals surface area contributed by atoms with Gasteiger partial charge >= 0.3 is 0 Å². The highest BCUT2D eigenvalue weighted by molar-refractivity contribution is 6.17. The molecule has 1 heterocycles. The molecule has 0 amide bonds. The van der Waals surface area contributed by atoms with Gasteiger partial charge in [-0.3, -0.25) is 9.59 Å². The molecule has 0 saturated heterocycles. The van der Waals surface area contributed by atoms with Crippen molar-refractivity contribution >= 4 is 22.5 Å². The third kappa shape index (κ3) is 3.34. The summed E-state index contributed by atoms with van der Waals surface area (Å²) in [5, 5.41) is 0.979. The fourth-order valence-corrected chi connectivity index (χ4v) is 3.66. The second kappa shape index (κ2) is 7.69. The topological polar surface area (TPSA) is 39.1 Å². The first-order valence-corrected chi connectivity index (χ1v) is 9.25. The van der Waals surface area contributed by atoms with E-state index in [0.717, 1.165) is 28.6 Å². The van der Waals surface area contributed by atoms with E-state index in [9.17, 15) is 9.59 Å². The van der Waals surface area contributed by atoms with Crippen LogP contribution in [-0.4, -0.2) is 16.1 Å². The van der Waals surface area contributed by atoms with Gasteiger partial charge < -0.3 is 4.57 Å². The number of carbonyl (C=O) groups excluding carboxylic acids is 2. The van der Waals surface area contributed by atoms with E-state index in [4.69, 9.17) is 0 Å². The van der Waals surface area contributed by atoms with Crippen LogP contribution in [0.25, 0.3) is 10.9 Å². The largest absolute Gasteiger partial charge is 0.341 e. The van der Waals surface area contributed by atoms with Gasteiger partial charge in [0.05, 0.1) is 5.56 Å². The van der Waals surface area contributed by atoms with E-state index >= 15 is 0 Å². The van der Waals surface area contributed by atoms with Crippen LogP contribution in [0.15, 0.2) is 54.6 Å². The monoisotopic (exact) mass is 347 g/mol. The number of para-hydroxylation sites is 1. The highest BCUT2D eigenvalue weighted by Gasteiger charge is 2.23. The molecular weight excluding hydrogens is 322 g/mol. The van der Waals surface area contributed by atoms with E-state index in [-0.39, 0.29) is 17.6 Å². The average Bonchev–Trinajstić information content (AvgIpc) is 2.97. The summed E-state index contributed by atoms with van der Waals surface area (Å²) >= 11 is 0. The molecule has 3 heteroatoms. The summed E-state index contributed by atoms with van der Waals surface area (Å²) < 4.78 is 2.22. The van der Waals surface area contributed by atoms with E-state index < -0.39 is 0 Å². The second-order valence-corrected chi connectivity index (χ2v) is 6.82. The van der Waals surface area contributed by atoms with Crippen molar-refractivity contribution in [3.05, 3.63) is 71.4 Å². The molecule has 0 N–H and O–H groups in total. The fourth-order valence-electron chi connectivity index (χ4n) is 3.66. The molecule has 2 aromatic carbocycles. The first-order chi connectivity index (χ1) is 12.5. The normalized spacial score (nSPS) is 12.3. The van der Waals surface area contributed by atoms with Crippen LogP contribution >= 0.6 is 0 Å². The minimum Gasteiger partial charge on any atom is -0.341 e. The van der Waals surface area contributed by atoms with Gasteiger partial charge in [0.15, 0.2) is 5.78 Å². The Balaban J connectivity index is 2.07. The van der Waals surface area contributed by atoms with Gasteiger partial charge in [0.1, 0.15) is 5.78 Å². The van der Waals surface area contributed by atoms with Crippen molar-refractivity contribution in [3.8, 4) is 0 Å². The van der Waals surface area contributed by atoms with E-state index in [1.54, 1.807) is 0 Å². The van der Waals surface area contributed by atoms with Gasteiger partial charge in [-0.15, -0.1) is 0 Å². The van der Waals surface area contributed by atoms with Crippen LogP contribution in [0.5, 0.6) is 0 Å². The van der Waals surface area contributed by atoms with Gasteiger partial charge in [-0.2, -0.15) is 0 Å². The minimum atomic E-state index is 0.0508. The van der Waals surface area contributed by atoms with Crippen molar-refractivity contribution in [1.29, 1.82) is 0 Å². The lowest BCUT2D eigenvalue weighted by atomic mass is 10.0. The summed E-state index contributed by atoms with van der Waals surface area (Å²) in [5.74, 6) is 0.335. The molecule has 0 aliphatic heterocycles. The third-order valence-corrected chi connectivity index (χ3v) is 5.10. The molecule has 0 fully saturated rings. The number of nitrogens with zero attached hydrogens (tertiary/aromatic N) is 1. The quantitative estimate of drug-likeness (QED) is 0.529. The molecule has 3 nitrogen and oxygen atoms in total. The molecule has 1 unspecified atom stereocenters. The van der Waals surface area contributed by atoms with Crippen LogP contribution in [0.2, 0.25) is 0 Å². The predicted octanol–water partition coefficient (Wildman–Crippen LogP) is 5.50. The number of carbonyl (C=O) groups is 2. The number of hydrogen-bond donors (Lipinski definition) is 0. The molecule has 0 spiro atoms. The lowest BCUT2D eigenvalue weighted by molar-refractivity contribution is -0.119. The number of rotatable bonds is 7. The molecule has 0 aliphatic carbocycles. The molecule has 134 valence electrons. The summed E-state index contributed by atoms with van der Waals surface area (Å²) in [6.45, 7) is 6.04. The molecule has 0 radical (unpaired) electrons. The van der Waals surface area contributed by atoms with Crippen molar-refractivity contribution in [2.45, 2.75) is 46.1 Å². The Morgan fingerprint density at radius 3 is 2.35 bits per heavy atom. The smallest absolute Gasteiger partial charge is 0.195 e. The lowest BCUT2D eigenvalue weighted by Gasteiger charge is -2.17. The van der Waals surface area contributed by atoms with Gasteiger partial charge in [0, 0.05) is 41.0 Å². The SMILES string of the molecule is CCC(=O)CCC(C)n1c(C)c(C(=O)c2ccccc2)c2ccccc21. The Bertz CT molecular complexity index is 938. The Morgan fingerprint density at radius 2 is 1.65 bits per heavy atom. The Labute approximate surface area is 154 Å². The van der Waals surface area contributed by atoms with Gasteiger partial charge in [0.25, 0.3) is 0 Å². The lowest BCUT2D eigenvalue weighted by Crippen LogP contribution is -2.10. The first-order valence-electron chi connectivity index (χ1n) is 9.25. The predicted molar refractivity (Wildman–Crippen MR) is 106 cm³/mol. The molecule has 0 saturated carbocycles. The molecular formula is C23H25NO2. The number of aromatic nitrogens is 1. The maximum atomic E-state index is 13.2. The van der Waals surface area contributed by atoms with E-state index in [1.807, 2.05) is 62.4 Å². The van der Waals surface area contributed by atoms with Crippen molar-refractivity contribution < 1.29 is 9.59 Å². The Kier molecular flexibility index (Phi) is 5.36. The van der Waals surface area contributed by atoms with Crippen LogP contribution in [-0.2, 0) is 4.79 Å². The standard InChI is InChI=1S/C23H25NO2/c1-4-19(25)15-14-16(2)24-17(3)22(20-12-8-9-13-21(20)24)23(26)18-10-6-5-7-11-18/h5-13,16H,4,14-15H2,1-3H3. The summed E-state index contributed by atoms with van der Waals surface area (Å²) in [6, 6.07) is 17.6. The number of benzene rings is 2. The van der Waals surface area contributed by atoms with E-state index in [0.29, 0.717) is 18.4 Å². The van der Waals surface area contributed by atoms with E-state index in [2.05, 4.69) is 17.6 Å². The summed E-state index contributed by atoms with van der Waals surface area (Å²) in [6.07, 6.45) is 1.94. The molecule has 0 aliphatic rings. The van der Waals surface area contributed by atoms with Crippen molar-refractivity contribution in [3.63, 3.8) is 0 Å².